The van der Waals surface area contributed by atoms with Gasteiger partial charge in [0.1, 0.15) is 11.4 Å². The summed E-state index contributed by atoms with van der Waals surface area (Å²) in [5, 5.41) is 11.4. The van der Waals surface area contributed by atoms with E-state index in [2.05, 4.69) is 196 Å². The molecular weight excluding hydrogens is 621 g/mol. The van der Waals surface area contributed by atoms with E-state index >= 15 is 0 Å². The Bertz CT molecular complexity index is 3130. The molecule has 0 aliphatic heterocycles. The van der Waals surface area contributed by atoms with Crippen LogP contribution < -0.4 is 0 Å². The van der Waals surface area contributed by atoms with Gasteiger partial charge >= 0.3 is 0 Å². The molecule has 0 radical (unpaired) electrons. The molecule has 4 heteroatoms. The van der Waals surface area contributed by atoms with Crippen molar-refractivity contribution >= 4 is 60.0 Å². The summed E-state index contributed by atoms with van der Waals surface area (Å²) in [5.74, 6) is 0. The zero-order chi connectivity index (χ0) is 33.5. The van der Waals surface area contributed by atoms with E-state index in [0.29, 0.717) is 0 Å². The highest BCUT2D eigenvalue weighted by Gasteiger charge is 2.23. The summed E-state index contributed by atoms with van der Waals surface area (Å²) in [7, 11) is 0. The van der Waals surface area contributed by atoms with Gasteiger partial charge in [-0.1, -0.05) is 121 Å². The predicted octanol–water partition coefficient (Wildman–Crippen LogP) is 12.0. The Morgan fingerprint density at radius 2 is 0.843 bits per heavy atom. The molecule has 0 amide bonds. The van der Waals surface area contributed by atoms with Crippen LogP contribution in [0, 0.1) is 0 Å². The third-order valence-electron chi connectivity index (χ3n) is 10.4. The fourth-order valence-electron chi connectivity index (χ4n) is 8.16. The Morgan fingerprint density at radius 1 is 0.333 bits per heavy atom. The molecule has 0 unspecified atom stereocenters. The average molecular weight is 651 g/mol. The van der Waals surface area contributed by atoms with E-state index in [1.807, 2.05) is 0 Å². The molecule has 0 N–H and O–H groups in total. The molecule has 11 aromatic rings. The van der Waals surface area contributed by atoms with E-state index in [9.17, 15) is 0 Å². The Balaban J connectivity index is 1.16. The lowest BCUT2D eigenvalue weighted by atomic mass is 10.0. The number of hydrogen-bond donors (Lipinski definition) is 0. The third-order valence-corrected chi connectivity index (χ3v) is 10.4. The van der Waals surface area contributed by atoms with Crippen LogP contribution in [0.2, 0.25) is 0 Å². The molecular formula is C47H30N4. The number of pyridine rings is 1. The number of para-hydroxylation sites is 4. The first-order valence-corrected chi connectivity index (χ1v) is 17.4. The molecule has 4 aromatic heterocycles. The van der Waals surface area contributed by atoms with Gasteiger partial charge in [-0.05, 0) is 71.8 Å². The lowest BCUT2D eigenvalue weighted by Gasteiger charge is -2.10. The van der Waals surface area contributed by atoms with Gasteiger partial charge in [0, 0.05) is 38.2 Å². The highest BCUT2D eigenvalue weighted by molar-refractivity contribution is 6.13. The van der Waals surface area contributed by atoms with Crippen LogP contribution in [0.3, 0.4) is 0 Å². The Morgan fingerprint density at radius 3 is 1.53 bits per heavy atom. The maximum Gasteiger partial charge on any atom is 0.117 e. The van der Waals surface area contributed by atoms with Crippen LogP contribution in [0.25, 0.3) is 93.8 Å². The van der Waals surface area contributed by atoms with Crippen molar-refractivity contribution in [2.24, 2.45) is 0 Å². The first-order valence-electron chi connectivity index (χ1n) is 17.4. The smallest absolute Gasteiger partial charge is 0.117 e. The molecule has 238 valence electrons. The maximum atomic E-state index is 5.32. The SMILES string of the molecule is c1ccc(-c2nn3c(ccc4ccccc43)c2-n2c3ccccc3c3cc(-c4ccc5c(c4)c4ccccc4n5-c4ccccc4)ccc32)cc1. The minimum Gasteiger partial charge on any atom is -0.309 e. The summed E-state index contributed by atoms with van der Waals surface area (Å²) < 4.78 is 6.91. The van der Waals surface area contributed by atoms with Crippen LogP contribution in [0.4, 0.5) is 0 Å². The summed E-state index contributed by atoms with van der Waals surface area (Å²) in [6.45, 7) is 0. The predicted molar refractivity (Wildman–Crippen MR) is 212 cm³/mol. The second-order valence-electron chi connectivity index (χ2n) is 13.3. The number of nitrogens with zero attached hydrogens (tertiary/aromatic N) is 4. The fraction of sp³-hybridized carbons (Fsp3) is 0. The van der Waals surface area contributed by atoms with E-state index in [4.69, 9.17) is 5.10 Å². The van der Waals surface area contributed by atoms with Crippen molar-refractivity contribution in [3.63, 3.8) is 0 Å². The number of aromatic nitrogens is 4. The normalized spacial score (nSPS) is 11.9. The first kappa shape index (κ1) is 28.0. The lowest BCUT2D eigenvalue weighted by molar-refractivity contribution is 1.01. The average Bonchev–Trinajstić information content (AvgIpc) is 3.86. The maximum absolute atomic E-state index is 5.32. The van der Waals surface area contributed by atoms with Crippen molar-refractivity contribution < 1.29 is 0 Å². The van der Waals surface area contributed by atoms with Crippen molar-refractivity contribution in [2.45, 2.75) is 0 Å². The molecule has 4 heterocycles. The standard InChI is InChI=1S/C47H30N4/c1-3-14-32(15-4-1)46-47(45-28-23-31-13-7-10-20-40(31)51(45)48-46)50-42-22-12-9-19-37(42)39-30-34(25-27-44(39)50)33-24-26-43-38(29-33)36-18-8-11-21-41(36)49(43)35-16-5-2-6-17-35/h1-30H. The van der Waals surface area contributed by atoms with Crippen LogP contribution in [0.5, 0.6) is 0 Å². The van der Waals surface area contributed by atoms with Crippen molar-refractivity contribution in [3.8, 4) is 33.8 Å². The van der Waals surface area contributed by atoms with Crippen LogP contribution in [0.1, 0.15) is 0 Å². The topological polar surface area (TPSA) is 27.2 Å². The molecule has 0 atom stereocenters. The van der Waals surface area contributed by atoms with Gasteiger partial charge in [-0.25, -0.2) is 4.52 Å². The van der Waals surface area contributed by atoms with Gasteiger partial charge < -0.3 is 9.13 Å². The number of fused-ring (bicyclic) bond motifs is 9. The van der Waals surface area contributed by atoms with Gasteiger partial charge in [-0.2, -0.15) is 5.10 Å². The van der Waals surface area contributed by atoms with Crippen LogP contribution in [0.15, 0.2) is 182 Å². The van der Waals surface area contributed by atoms with Gasteiger partial charge in [0.05, 0.1) is 33.1 Å². The zero-order valence-electron chi connectivity index (χ0n) is 27.6. The second-order valence-corrected chi connectivity index (χ2v) is 13.3. The van der Waals surface area contributed by atoms with Crippen molar-refractivity contribution in [3.05, 3.63) is 182 Å². The quantitative estimate of drug-likeness (QED) is 0.186. The molecule has 7 aromatic carbocycles. The molecule has 0 saturated carbocycles. The van der Waals surface area contributed by atoms with Gasteiger partial charge in [0.15, 0.2) is 0 Å². The van der Waals surface area contributed by atoms with Gasteiger partial charge in [-0.15, -0.1) is 0 Å². The number of benzene rings is 7. The number of rotatable bonds is 4. The van der Waals surface area contributed by atoms with Crippen LogP contribution in [-0.4, -0.2) is 18.7 Å². The highest BCUT2D eigenvalue weighted by atomic mass is 15.3. The molecule has 0 aliphatic rings. The van der Waals surface area contributed by atoms with E-state index in [-0.39, 0.29) is 0 Å². The molecule has 0 saturated heterocycles. The van der Waals surface area contributed by atoms with Gasteiger partial charge in [0.25, 0.3) is 0 Å². The number of hydrogen-bond acceptors (Lipinski definition) is 1. The lowest BCUT2D eigenvalue weighted by Crippen LogP contribution is -1.96. The largest absolute Gasteiger partial charge is 0.309 e. The monoisotopic (exact) mass is 650 g/mol. The summed E-state index contributed by atoms with van der Waals surface area (Å²) in [6.07, 6.45) is 0. The minimum absolute atomic E-state index is 0.957. The highest BCUT2D eigenvalue weighted by Crippen LogP contribution is 2.41. The molecule has 4 nitrogen and oxygen atoms in total. The van der Waals surface area contributed by atoms with Gasteiger partial charge in [0.2, 0.25) is 0 Å². The van der Waals surface area contributed by atoms with Crippen LogP contribution in [-0.2, 0) is 0 Å². The van der Waals surface area contributed by atoms with E-state index in [1.54, 1.807) is 0 Å². The molecule has 0 fully saturated rings. The first-order chi connectivity index (χ1) is 25.3. The summed E-state index contributed by atoms with van der Waals surface area (Å²) in [4.78, 5) is 0. The summed E-state index contributed by atoms with van der Waals surface area (Å²) in [6, 6.07) is 65.4. The van der Waals surface area contributed by atoms with E-state index in [0.717, 1.165) is 44.4 Å². The Hall–Kier alpha value is -6.91. The Labute approximate surface area is 293 Å². The summed E-state index contributed by atoms with van der Waals surface area (Å²) >= 11 is 0. The zero-order valence-corrected chi connectivity index (χ0v) is 27.6. The molecule has 11 rings (SSSR count). The van der Waals surface area contributed by atoms with Crippen molar-refractivity contribution in [2.75, 3.05) is 0 Å². The molecule has 0 spiro atoms. The molecule has 0 aliphatic carbocycles. The van der Waals surface area contributed by atoms with E-state index in [1.165, 1.54) is 49.4 Å². The fourth-order valence-corrected chi connectivity index (χ4v) is 8.16. The van der Waals surface area contributed by atoms with Gasteiger partial charge in [-0.3, -0.25) is 0 Å². The van der Waals surface area contributed by atoms with E-state index < -0.39 is 0 Å². The van der Waals surface area contributed by atoms with Crippen molar-refractivity contribution in [1.82, 2.24) is 18.7 Å². The van der Waals surface area contributed by atoms with Crippen molar-refractivity contribution in [1.29, 1.82) is 0 Å². The van der Waals surface area contributed by atoms with Crippen LogP contribution >= 0.6 is 0 Å². The Kier molecular flexibility index (Phi) is 5.92. The second kappa shape index (κ2) is 10.8. The minimum atomic E-state index is 0.957. The molecule has 51 heavy (non-hydrogen) atoms. The summed E-state index contributed by atoms with van der Waals surface area (Å²) in [5.41, 5.74) is 13.6. The third kappa shape index (κ3) is 4.11. The molecule has 0 bridgehead atoms.